The van der Waals surface area contributed by atoms with Gasteiger partial charge in [0.25, 0.3) is 0 Å². The number of carbonyl (C=O) groups is 1. The first-order valence-corrected chi connectivity index (χ1v) is 8.10. The third-order valence-electron chi connectivity index (χ3n) is 3.71. The molecule has 0 unspecified atom stereocenters. The van der Waals surface area contributed by atoms with E-state index in [4.69, 9.17) is 4.74 Å². The number of esters is 1. The number of ether oxygens (including phenoxy) is 1. The molecule has 6 heteroatoms. The number of rotatable bonds is 6. The molecule has 0 amide bonds. The summed E-state index contributed by atoms with van der Waals surface area (Å²) >= 11 is 0. The number of aryl methyl sites for hydroxylation is 1. The fourth-order valence-corrected chi connectivity index (χ4v) is 2.53. The molecule has 0 spiro atoms. The smallest absolute Gasteiger partial charge is 0.341 e. The first-order chi connectivity index (χ1) is 12.2. The van der Waals surface area contributed by atoms with E-state index in [9.17, 15) is 4.79 Å². The van der Waals surface area contributed by atoms with E-state index in [2.05, 4.69) is 22.2 Å². The highest BCUT2D eigenvalue weighted by atomic mass is 16.5. The van der Waals surface area contributed by atoms with Crippen molar-refractivity contribution >= 4 is 17.6 Å². The van der Waals surface area contributed by atoms with Gasteiger partial charge < -0.3 is 9.30 Å². The molecule has 0 saturated carbocycles. The zero-order chi connectivity index (χ0) is 17.6. The van der Waals surface area contributed by atoms with E-state index in [0.29, 0.717) is 24.5 Å². The zero-order valence-corrected chi connectivity index (χ0v) is 14.3. The molecule has 0 bridgehead atoms. The average molecular weight is 336 g/mol. The molecule has 0 saturated heterocycles. The lowest BCUT2D eigenvalue weighted by atomic mass is 10.2. The van der Waals surface area contributed by atoms with Gasteiger partial charge in [0, 0.05) is 31.2 Å². The molecule has 0 N–H and O–H groups in total. The third kappa shape index (κ3) is 4.03. The molecule has 6 nitrogen and oxygen atoms in total. The van der Waals surface area contributed by atoms with Gasteiger partial charge in [0.05, 0.1) is 19.3 Å². The Bertz CT molecular complexity index is 878. The minimum absolute atomic E-state index is 0.313. The van der Waals surface area contributed by atoms with Crippen LogP contribution in [0.4, 0.5) is 0 Å². The van der Waals surface area contributed by atoms with Crippen LogP contribution in [0.2, 0.25) is 0 Å². The van der Waals surface area contributed by atoms with E-state index >= 15 is 0 Å². The first-order valence-electron chi connectivity index (χ1n) is 8.10. The highest BCUT2D eigenvalue weighted by Gasteiger charge is 2.17. The zero-order valence-electron chi connectivity index (χ0n) is 14.3. The molecule has 3 aromatic rings. The van der Waals surface area contributed by atoms with E-state index in [1.54, 1.807) is 36.2 Å². The molecule has 3 rings (SSSR count). The van der Waals surface area contributed by atoms with Gasteiger partial charge in [-0.15, -0.1) is 0 Å². The van der Waals surface area contributed by atoms with Gasteiger partial charge in [-0.25, -0.2) is 9.78 Å². The van der Waals surface area contributed by atoms with Crippen molar-refractivity contribution in [1.82, 2.24) is 19.3 Å². The minimum atomic E-state index is -0.396. The molecule has 128 valence electrons. The van der Waals surface area contributed by atoms with Crippen molar-refractivity contribution in [2.45, 2.75) is 13.5 Å². The summed E-state index contributed by atoms with van der Waals surface area (Å²) in [6.07, 6.45) is 8.83. The van der Waals surface area contributed by atoms with Gasteiger partial charge in [-0.1, -0.05) is 30.3 Å². The van der Waals surface area contributed by atoms with Crippen LogP contribution in [-0.4, -0.2) is 31.9 Å². The molecule has 0 aliphatic rings. The van der Waals surface area contributed by atoms with Crippen LogP contribution in [-0.2, 0) is 23.1 Å². The highest BCUT2D eigenvalue weighted by Crippen LogP contribution is 2.18. The second-order valence-corrected chi connectivity index (χ2v) is 5.60. The van der Waals surface area contributed by atoms with Crippen molar-refractivity contribution < 1.29 is 9.53 Å². The number of carbonyl (C=O) groups excluding carboxylic acids is 1. The van der Waals surface area contributed by atoms with Gasteiger partial charge in [-0.2, -0.15) is 5.10 Å². The van der Waals surface area contributed by atoms with Gasteiger partial charge in [0.1, 0.15) is 11.4 Å². The first kappa shape index (κ1) is 16.7. The van der Waals surface area contributed by atoms with E-state index in [1.165, 1.54) is 0 Å². The Labute approximate surface area is 146 Å². The standard InChI is InChI=1S/C19H20N4O2/c1-3-25-19(24)17(18-20-9-10-22(18)2)11-16-12-21-23(14-16)13-15-7-5-4-6-8-15/h4-12,14H,3,13H2,1-2H3/b17-11-. The quantitative estimate of drug-likeness (QED) is 0.513. The molecular weight excluding hydrogens is 316 g/mol. The maximum Gasteiger partial charge on any atom is 0.341 e. The third-order valence-corrected chi connectivity index (χ3v) is 3.71. The molecule has 0 radical (unpaired) electrons. The number of hydrogen-bond acceptors (Lipinski definition) is 4. The Kier molecular flexibility index (Phi) is 5.09. The van der Waals surface area contributed by atoms with E-state index in [-0.39, 0.29) is 0 Å². The molecule has 0 fully saturated rings. The fourth-order valence-electron chi connectivity index (χ4n) is 2.53. The molecule has 2 aromatic heterocycles. The average Bonchev–Trinajstić information content (AvgIpc) is 3.23. The molecule has 25 heavy (non-hydrogen) atoms. The summed E-state index contributed by atoms with van der Waals surface area (Å²) in [7, 11) is 1.84. The van der Waals surface area contributed by atoms with Crippen molar-refractivity contribution in [1.29, 1.82) is 0 Å². The Balaban J connectivity index is 1.88. The van der Waals surface area contributed by atoms with Crippen molar-refractivity contribution in [3.8, 4) is 0 Å². The summed E-state index contributed by atoms with van der Waals surface area (Å²) in [5.74, 6) is 0.168. The monoisotopic (exact) mass is 336 g/mol. The maximum absolute atomic E-state index is 12.3. The molecular formula is C19H20N4O2. The van der Waals surface area contributed by atoms with E-state index in [0.717, 1.165) is 11.1 Å². The topological polar surface area (TPSA) is 61.9 Å². The van der Waals surface area contributed by atoms with Crippen LogP contribution in [0.1, 0.15) is 23.9 Å². The number of imidazole rings is 1. The summed E-state index contributed by atoms with van der Waals surface area (Å²) in [5, 5.41) is 4.37. The van der Waals surface area contributed by atoms with Crippen LogP contribution < -0.4 is 0 Å². The fraction of sp³-hybridized carbons (Fsp3) is 0.211. The summed E-state index contributed by atoms with van der Waals surface area (Å²) in [4.78, 5) is 16.6. The summed E-state index contributed by atoms with van der Waals surface area (Å²) in [6, 6.07) is 10.1. The van der Waals surface area contributed by atoms with Gasteiger partial charge in [-0.05, 0) is 18.6 Å². The number of hydrogen-bond donors (Lipinski definition) is 0. The second kappa shape index (κ2) is 7.61. The van der Waals surface area contributed by atoms with Crippen LogP contribution in [0, 0.1) is 0 Å². The lowest BCUT2D eigenvalue weighted by Crippen LogP contribution is -2.10. The molecule has 0 atom stereocenters. The molecule has 0 aliphatic carbocycles. The van der Waals surface area contributed by atoms with Crippen LogP contribution >= 0.6 is 0 Å². The van der Waals surface area contributed by atoms with Crippen molar-refractivity contribution in [2.24, 2.45) is 7.05 Å². The van der Waals surface area contributed by atoms with Crippen LogP contribution in [0.25, 0.3) is 11.6 Å². The highest BCUT2D eigenvalue weighted by molar-refractivity contribution is 6.20. The minimum Gasteiger partial charge on any atom is -0.462 e. The Hall–Kier alpha value is -3.15. The Morgan fingerprint density at radius 1 is 1.28 bits per heavy atom. The lowest BCUT2D eigenvalue weighted by Gasteiger charge is -2.06. The predicted molar refractivity (Wildman–Crippen MR) is 95.5 cm³/mol. The molecule has 2 heterocycles. The summed E-state index contributed by atoms with van der Waals surface area (Å²) < 4.78 is 8.79. The maximum atomic E-state index is 12.3. The summed E-state index contributed by atoms with van der Waals surface area (Å²) in [6.45, 7) is 2.77. The van der Waals surface area contributed by atoms with Gasteiger partial charge in [-0.3, -0.25) is 4.68 Å². The van der Waals surface area contributed by atoms with Gasteiger partial charge >= 0.3 is 5.97 Å². The van der Waals surface area contributed by atoms with Crippen molar-refractivity contribution in [3.63, 3.8) is 0 Å². The Morgan fingerprint density at radius 3 is 2.76 bits per heavy atom. The predicted octanol–water partition coefficient (Wildman–Crippen LogP) is 2.77. The number of benzene rings is 1. The lowest BCUT2D eigenvalue weighted by molar-refractivity contribution is -0.136. The molecule has 1 aromatic carbocycles. The number of nitrogens with zero attached hydrogens (tertiary/aromatic N) is 4. The second-order valence-electron chi connectivity index (χ2n) is 5.60. The Morgan fingerprint density at radius 2 is 2.08 bits per heavy atom. The van der Waals surface area contributed by atoms with Crippen molar-refractivity contribution in [2.75, 3.05) is 6.61 Å². The molecule has 0 aliphatic heterocycles. The normalized spacial score (nSPS) is 11.5. The van der Waals surface area contributed by atoms with Crippen LogP contribution in [0.5, 0.6) is 0 Å². The van der Waals surface area contributed by atoms with Gasteiger partial charge in [0.2, 0.25) is 0 Å². The van der Waals surface area contributed by atoms with Crippen molar-refractivity contribution in [3.05, 3.63) is 72.1 Å². The number of aromatic nitrogens is 4. The van der Waals surface area contributed by atoms with E-state index < -0.39 is 5.97 Å². The van der Waals surface area contributed by atoms with Gasteiger partial charge in [0.15, 0.2) is 0 Å². The van der Waals surface area contributed by atoms with Crippen LogP contribution in [0.3, 0.4) is 0 Å². The SMILES string of the molecule is CCOC(=O)/C(=C\c1cnn(Cc2ccccc2)c1)c1nccn1C. The summed E-state index contributed by atoms with van der Waals surface area (Å²) in [5.41, 5.74) is 2.39. The van der Waals surface area contributed by atoms with E-state index in [1.807, 2.05) is 36.1 Å². The largest absolute Gasteiger partial charge is 0.462 e. The van der Waals surface area contributed by atoms with Crippen LogP contribution in [0.15, 0.2) is 55.1 Å².